The van der Waals surface area contributed by atoms with E-state index in [1.165, 1.54) is 0 Å². The molecule has 26 heavy (non-hydrogen) atoms. The van der Waals surface area contributed by atoms with Gasteiger partial charge in [0, 0.05) is 5.69 Å². The first-order chi connectivity index (χ1) is 12.4. The largest absolute Gasteiger partial charge is 0.467 e. The van der Waals surface area contributed by atoms with Crippen LogP contribution in [-0.2, 0) is 16.1 Å². The molecule has 0 saturated carbocycles. The van der Waals surface area contributed by atoms with Crippen molar-refractivity contribution < 1.29 is 23.5 Å². The number of imide groups is 1. The van der Waals surface area contributed by atoms with Gasteiger partial charge in [-0.15, -0.1) is 0 Å². The van der Waals surface area contributed by atoms with Crippen LogP contribution in [0.25, 0.3) is 0 Å². The predicted octanol–water partition coefficient (Wildman–Crippen LogP) is 2.27. The van der Waals surface area contributed by atoms with Crippen molar-refractivity contribution in [1.82, 2.24) is 5.32 Å². The van der Waals surface area contributed by atoms with Crippen LogP contribution in [-0.4, -0.2) is 24.0 Å². The van der Waals surface area contributed by atoms with Gasteiger partial charge in [-0.2, -0.15) is 0 Å². The number of hydrogen-bond donors (Lipinski definition) is 3. The Balaban J connectivity index is 2.12. The first-order valence-corrected chi connectivity index (χ1v) is 8.05. The van der Waals surface area contributed by atoms with Crippen LogP contribution < -0.4 is 16.4 Å². The summed E-state index contributed by atoms with van der Waals surface area (Å²) >= 11 is 0. The zero-order valence-electron chi connectivity index (χ0n) is 14.5. The smallest absolute Gasteiger partial charge is 0.341 e. The number of para-hydroxylation sites is 1. The van der Waals surface area contributed by atoms with Gasteiger partial charge in [0.2, 0.25) is 0 Å². The van der Waals surface area contributed by atoms with Crippen LogP contribution >= 0.6 is 0 Å². The summed E-state index contributed by atoms with van der Waals surface area (Å²) in [5, 5.41) is 5.03. The van der Waals surface area contributed by atoms with Crippen molar-refractivity contribution in [2.24, 2.45) is 11.7 Å². The van der Waals surface area contributed by atoms with Crippen molar-refractivity contribution in [1.29, 1.82) is 0 Å². The highest BCUT2D eigenvalue weighted by Gasteiger charge is 2.28. The number of nitrogens with one attached hydrogen (secondary N) is 2. The lowest BCUT2D eigenvalue weighted by Gasteiger charge is -2.20. The third-order valence-electron chi connectivity index (χ3n) is 3.52. The number of rotatable bonds is 7. The summed E-state index contributed by atoms with van der Waals surface area (Å²) in [6.45, 7) is 3.77. The minimum absolute atomic E-state index is 0.261. The Morgan fingerprint density at radius 3 is 2.50 bits per heavy atom. The molecule has 0 bridgehead atoms. The number of carbonyl (C=O) groups is 3. The number of esters is 1. The number of furan rings is 1. The Labute approximate surface area is 150 Å². The van der Waals surface area contributed by atoms with Gasteiger partial charge in [-0.1, -0.05) is 26.0 Å². The number of anilines is 1. The van der Waals surface area contributed by atoms with E-state index in [4.69, 9.17) is 14.9 Å². The van der Waals surface area contributed by atoms with Crippen molar-refractivity contribution in [2.45, 2.75) is 26.5 Å². The molecular formula is C18H21N3O5. The summed E-state index contributed by atoms with van der Waals surface area (Å²) in [4.78, 5) is 35.4. The molecule has 0 saturated heterocycles. The van der Waals surface area contributed by atoms with Crippen LogP contribution in [0.4, 0.5) is 10.5 Å². The van der Waals surface area contributed by atoms with Crippen LogP contribution in [0.2, 0.25) is 0 Å². The molecule has 0 aliphatic rings. The highest BCUT2D eigenvalue weighted by Crippen LogP contribution is 2.19. The minimum Gasteiger partial charge on any atom is -0.467 e. The maximum absolute atomic E-state index is 12.6. The third-order valence-corrected chi connectivity index (χ3v) is 3.52. The molecule has 0 spiro atoms. The van der Waals surface area contributed by atoms with E-state index in [1.54, 1.807) is 56.5 Å². The highest BCUT2D eigenvalue weighted by atomic mass is 16.5. The SMILES string of the molecule is CC(C)[C@@H](OC(=O)c1ccccc1NCc1ccco1)C(=O)NC(N)=O. The Bertz CT molecular complexity index is 771. The second-order valence-corrected chi connectivity index (χ2v) is 5.90. The second kappa shape index (κ2) is 8.70. The molecule has 1 heterocycles. The molecule has 0 aliphatic carbocycles. The molecule has 1 atom stereocenters. The summed E-state index contributed by atoms with van der Waals surface area (Å²) in [5.41, 5.74) is 5.75. The van der Waals surface area contributed by atoms with Gasteiger partial charge in [-0.3, -0.25) is 10.1 Å². The van der Waals surface area contributed by atoms with E-state index in [9.17, 15) is 14.4 Å². The van der Waals surface area contributed by atoms with Crippen molar-refractivity contribution in [3.63, 3.8) is 0 Å². The fraction of sp³-hybridized carbons (Fsp3) is 0.278. The molecule has 0 aliphatic heterocycles. The number of hydrogen-bond acceptors (Lipinski definition) is 6. The van der Waals surface area contributed by atoms with Gasteiger partial charge in [-0.05, 0) is 30.2 Å². The Morgan fingerprint density at radius 2 is 1.88 bits per heavy atom. The molecule has 2 rings (SSSR count). The second-order valence-electron chi connectivity index (χ2n) is 5.90. The molecule has 0 radical (unpaired) electrons. The van der Waals surface area contributed by atoms with Gasteiger partial charge in [-0.25, -0.2) is 9.59 Å². The van der Waals surface area contributed by atoms with E-state index in [0.717, 1.165) is 0 Å². The number of nitrogens with two attached hydrogens (primary N) is 1. The highest BCUT2D eigenvalue weighted by molar-refractivity contribution is 6.00. The topological polar surface area (TPSA) is 124 Å². The molecule has 2 aromatic rings. The summed E-state index contributed by atoms with van der Waals surface area (Å²) in [6, 6.07) is 9.31. The van der Waals surface area contributed by atoms with Crippen LogP contribution in [0.3, 0.4) is 0 Å². The molecule has 1 aromatic carbocycles. The summed E-state index contributed by atoms with van der Waals surface area (Å²) < 4.78 is 10.6. The van der Waals surface area contributed by atoms with E-state index in [-0.39, 0.29) is 11.5 Å². The summed E-state index contributed by atoms with van der Waals surface area (Å²) in [7, 11) is 0. The number of primary amides is 1. The van der Waals surface area contributed by atoms with Crippen LogP contribution in [0.1, 0.15) is 30.0 Å². The maximum atomic E-state index is 12.6. The molecule has 8 nitrogen and oxygen atoms in total. The number of carbonyl (C=O) groups excluding carboxylic acids is 3. The Hall–Kier alpha value is -3.29. The average Bonchev–Trinajstić information content (AvgIpc) is 3.10. The molecule has 138 valence electrons. The van der Waals surface area contributed by atoms with Gasteiger partial charge in [0.1, 0.15) is 5.76 Å². The number of urea groups is 1. The van der Waals surface area contributed by atoms with Gasteiger partial charge in [0.05, 0.1) is 18.4 Å². The summed E-state index contributed by atoms with van der Waals surface area (Å²) in [5.74, 6) is -1.09. The first kappa shape index (κ1) is 19.0. The zero-order chi connectivity index (χ0) is 19.1. The monoisotopic (exact) mass is 359 g/mol. The Morgan fingerprint density at radius 1 is 1.15 bits per heavy atom. The molecule has 0 unspecified atom stereocenters. The van der Waals surface area contributed by atoms with Crippen molar-refractivity contribution in [3.8, 4) is 0 Å². The molecule has 3 amide bonds. The van der Waals surface area contributed by atoms with E-state index < -0.39 is 24.0 Å². The van der Waals surface area contributed by atoms with E-state index in [0.29, 0.717) is 18.0 Å². The van der Waals surface area contributed by atoms with Gasteiger partial charge >= 0.3 is 12.0 Å². The zero-order valence-corrected chi connectivity index (χ0v) is 14.5. The standard InChI is InChI=1S/C18H21N3O5/c1-11(2)15(16(22)21-18(19)24)26-17(23)13-7-3-4-8-14(13)20-10-12-6-5-9-25-12/h3-9,11,15,20H,10H2,1-2H3,(H3,19,21,22,24)/t15-/m1/s1. The van der Waals surface area contributed by atoms with Crippen LogP contribution in [0, 0.1) is 5.92 Å². The number of ether oxygens (including phenoxy) is 1. The third kappa shape index (κ3) is 5.10. The van der Waals surface area contributed by atoms with Gasteiger partial charge < -0.3 is 20.2 Å². The molecular weight excluding hydrogens is 338 g/mol. The van der Waals surface area contributed by atoms with E-state index in [2.05, 4.69) is 5.32 Å². The molecule has 4 N–H and O–H groups in total. The minimum atomic E-state index is -1.15. The lowest BCUT2D eigenvalue weighted by atomic mass is 10.1. The molecule has 1 aromatic heterocycles. The first-order valence-electron chi connectivity index (χ1n) is 8.05. The predicted molar refractivity (Wildman–Crippen MR) is 94.2 cm³/mol. The van der Waals surface area contributed by atoms with Crippen molar-refractivity contribution in [2.75, 3.05) is 5.32 Å². The normalized spacial score (nSPS) is 11.7. The van der Waals surface area contributed by atoms with Crippen molar-refractivity contribution in [3.05, 3.63) is 54.0 Å². The lowest BCUT2D eigenvalue weighted by molar-refractivity contribution is -0.130. The van der Waals surface area contributed by atoms with Crippen LogP contribution in [0.5, 0.6) is 0 Å². The summed E-state index contributed by atoms with van der Waals surface area (Å²) in [6.07, 6.45) is 0.412. The maximum Gasteiger partial charge on any atom is 0.341 e. The average molecular weight is 359 g/mol. The van der Waals surface area contributed by atoms with E-state index >= 15 is 0 Å². The van der Waals surface area contributed by atoms with Crippen molar-refractivity contribution >= 4 is 23.6 Å². The van der Waals surface area contributed by atoms with Gasteiger partial charge in [0.15, 0.2) is 6.10 Å². The number of benzene rings is 1. The molecule has 0 fully saturated rings. The van der Waals surface area contributed by atoms with Gasteiger partial charge in [0.25, 0.3) is 5.91 Å². The van der Waals surface area contributed by atoms with E-state index in [1.807, 2.05) is 5.32 Å². The van der Waals surface area contributed by atoms with Crippen LogP contribution in [0.15, 0.2) is 47.1 Å². The quantitative estimate of drug-likeness (QED) is 0.652. The molecule has 8 heteroatoms. The lowest BCUT2D eigenvalue weighted by Crippen LogP contribution is -2.45. The fourth-order valence-corrected chi connectivity index (χ4v) is 2.27. The Kier molecular flexibility index (Phi) is 6.37. The number of amides is 3. The fourth-order valence-electron chi connectivity index (χ4n) is 2.27.